The summed E-state index contributed by atoms with van der Waals surface area (Å²) in [5.41, 5.74) is 7.66. The molecule has 0 aliphatic heterocycles. The van der Waals surface area contributed by atoms with Crippen LogP contribution >= 0.6 is 0 Å². The number of carbonyl (C=O) groups excluding carboxylic acids is 1. The maximum atomic E-state index is 12.7. The predicted octanol–water partition coefficient (Wildman–Crippen LogP) is 7.23. The van der Waals surface area contributed by atoms with Gasteiger partial charge in [0.25, 0.3) is 0 Å². The molecule has 0 saturated carbocycles. The van der Waals surface area contributed by atoms with Crippen LogP contribution in [0.4, 0.5) is 0 Å². The van der Waals surface area contributed by atoms with Gasteiger partial charge in [-0.2, -0.15) is 0 Å². The molecule has 0 fully saturated rings. The van der Waals surface area contributed by atoms with Gasteiger partial charge in [0.15, 0.2) is 0 Å². The van der Waals surface area contributed by atoms with Gasteiger partial charge >= 0.3 is 0 Å². The molecule has 0 spiro atoms. The summed E-state index contributed by atoms with van der Waals surface area (Å²) < 4.78 is 17.6. The van der Waals surface area contributed by atoms with Crippen LogP contribution in [0.2, 0.25) is 0 Å². The third kappa shape index (κ3) is 5.46. The topological polar surface area (TPSA) is 60.7 Å². The average Bonchev–Trinajstić information content (AvgIpc) is 3.30. The highest BCUT2D eigenvalue weighted by Crippen LogP contribution is 2.41. The van der Waals surface area contributed by atoms with Crippen LogP contribution in [0, 0.1) is 13.8 Å². The van der Waals surface area contributed by atoms with E-state index in [0.29, 0.717) is 19.8 Å². The van der Waals surface area contributed by atoms with Crippen LogP contribution in [-0.2, 0) is 11.3 Å². The third-order valence-electron chi connectivity index (χ3n) is 6.17. The molecule has 0 radical (unpaired) electrons. The van der Waals surface area contributed by atoms with Crippen molar-refractivity contribution < 1.29 is 18.7 Å². The number of carbonyl (C=O) groups is 1. The predicted molar refractivity (Wildman–Crippen MR) is 145 cm³/mol. The third-order valence-corrected chi connectivity index (χ3v) is 6.17. The second-order valence-electron chi connectivity index (χ2n) is 8.83. The van der Waals surface area contributed by atoms with Gasteiger partial charge in [-0.05, 0) is 69.5 Å². The Morgan fingerprint density at radius 2 is 1.67 bits per heavy atom. The van der Waals surface area contributed by atoms with Crippen LogP contribution in [0.25, 0.3) is 27.7 Å². The number of furan rings is 1. The summed E-state index contributed by atoms with van der Waals surface area (Å²) in [6, 6.07) is 18.2. The summed E-state index contributed by atoms with van der Waals surface area (Å²) in [4.78, 5) is 12.7. The molecule has 4 aromatic rings. The zero-order valence-corrected chi connectivity index (χ0v) is 21.6. The van der Waals surface area contributed by atoms with Crippen molar-refractivity contribution >= 4 is 22.4 Å². The largest absolute Gasteiger partial charge is 0.494 e. The molecule has 5 heteroatoms. The monoisotopic (exact) mass is 483 g/mol. The Bertz CT molecular complexity index is 1380. The van der Waals surface area contributed by atoms with Gasteiger partial charge in [-0.15, -0.1) is 0 Å². The lowest BCUT2D eigenvalue weighted by Gasteiger charge is -2.15. The molecule has 0 bridgehead atoms. The Kier molecular flexibility index (Phi) is 7.79. The van der Waals surface area contributed by atoms with Crippen molar-refractivity contribution in [2.24, 2.45) is 0 Å². The van der Waals surface area contributed by atoms with Crippen LogP contribution in [0.1, 0.15) is 43.0 Å². The van der Waals surface area contributed by atoms with Crippen molar-refractivity contribution in [2.75, 3.05) is 13.2 Å². The van der Waals surface area contributed by atoms with Crippen molar-refractivity contribution in [1.29, 1.82) is 0 Å². The summed E-state index contributed by atoms with van der Waals surface area (Å²) in [5, 5.41) is 3.96. The highest BCUT2D eigenvalue weighted by Gasteiger charge is 2.19. The Labute approximate surface area is 212 Å². The molecule has 1 amide bonds. The molecule has 0 unspecified atom stereocenters. The van der Waals surface area contributed by atoms with Gasteiger partial charge in [-0.3, -0.25) is 4.79 Å². The molecular weight excluding hydrogens is 450 g/mol. The molecule has 3 aromatic carbocycles. The fourth-order valence-electron chi connectivity index (χ4n) is 4.28. The number of benzene rings is 3. The van der Waals surface area contributed by atoms with Crippen molar-refractivity contribution in [3.63, 3.8) is 0 Å². The quantitative estimate of drug-likeness (QED) is 0.255. The Hall–Kier alpha value is -3.99. The fourth-order valence-corrected chi connectivity index (χ4v) is 4.28. The van der Waals surface area contributed by atoms with Gasteiger partial charge in [0.05, 0.1) is 19.5 Å². The van der Waals surface area contributed by atoms with E-state index in [1.807, 2.05) is 83.1 Å². The molecule has 1 heterocycles. The van der Waals surface area contributed by atoms with Crippen molar-refractivity contribution in [1.82, 2.24) is 5.32 Å². The Morgan fingerprint density at radius 3 is 2.33 bits per heavy atom. The van der Waals surface area contributed by atoms with E-state index >= 15 is 0 Å². The number of aryl methyl sites for hydroxylation is 2. The zero-order chi connectivity index (χ0) is 25.7. The van der Waals surface area contributed by atoms with Crippen molar-refractivity contribution in [2.45, 2.75) is 41.2 Å². The molecule has 0 atom stereocenters. The van der Waals surface area contributed by atoms with E-state index in [0.717, 1.165) is 55.9 Å². The van der Waals surface area contributed by atoms with Gasteiger partial charge in [-0.25, -0.2) is 0 Å². The minimum Gasteiger partial charge on any atom is -0.494 e. The number of nitrogens with one attached hydrogen (secondary N) is 1. The molecule has 0 aliphatic carbocycles. The molecule has 186 valence electrons. The van der Waals surface area contributed by atoms with Crippen LogP contribution in [-0.4, -0.2) is 19.1 Å². The van der Waals surface area contributed by atoms with Crippen LogP contribution in [0.3, 0.4) is 0 Å². The number of amides is 1. The number of allylic oxidation sites excluding steroid dienone is 1. The van der Waals surface area contributed by atoms with E-state index in [-0.39, 0.29) is 5.91 Å². The standard InChI is InChI=1S/C31H33NO4/c1-6-34-25-14-12-24(13-15-25)28-19-36-31-22(5)30(35-7-2)26(17-27(28)31)21(4)16-29(33)32-18-23-10-8-20(3)9-11-23/h8-17,19H,6-7,18H2,1-5H3,(H,32,33)/b21-16+. The number of hydrogen-bond donors (Lipinski definition) is 1. The smallest absolute Gasteiger partial charge is 0.244 e. The van der Waals surface area contributed by atoms with E-state index in [2.05, 4.69) is 11.4 Å². The molecule has 0 aliphatic rings. The normalized spacial score (nSPS) is 11.5. The summed E-state index contributed by atoms with van der Waals surface area (Å²) in [6.07, 6.45) is 3.41. The number of fused-ring (bicyclic) bond motifs is 1. The minimum absolute atomic E-state index is 0.146. The molecule has 36 heavy (non-hydrogen) atoms. The summed E-state index contributed by atoms with van der Waals surface area (Å²) in [5.74, 6) is 1.42. The van der Waals surface area contributed by atoms with Crippen molar-refractivity contribution in [3.8, 4) is 22.6 Å². The molecular formula is C31H33NO4. The highest BCUT2D eigenvalue weighted by atomic mass is 16.5. The average molecular weight is 484 g/mol. The molecule has 1 aromatic heterocycles. The fraction of sp³-hybridized carbons (Fsp3) is 0.258. The second-order valence-corrected chi connectivity index (χ2v) is 8.83. The van der Waals surface area contributed by atoms with Crippen LogP contribution in [0.5, 0.6) is 11.5 Å². The van der Waals surface area contributed by atoms with Gasteiger partial charge in [0.1, 0.15) is 17.1 Å². The lowest BCUT2D eigenvalue weighted by Crippen LogP contribution is -2.20. The van der Waals surface area contributed by atoms with Crippen LogP contribution < -0.4 is 14.8 Å². The van der Waals surface area contributed by atoms with E-state index in [9.17, 15) is 4.79 Å². The van der Waals surface area contributed by atoms with E-state index in [4.69, 9.17) is 13.9 Å². The van der Waals surface area contributed by atoms with Gasteiger partial charge in [0, 0.05) is 34.7 Å². The van der Waals surface area contributed by atoms with E-state index in [1.54, 1.807) is 12.3 Å². The SMILES string of the molecule is CCOc1ccc(-c2coc3c(C)c(OCC)c(/C(C)=C/C(=O)NCc4ccc(C)cc4)cc23)cc1. The first-order chi connectivity index (χ1) is 17.4. The maximum Gasteiger partial charge on any atom is 0.244 e. The maximum absolute atomic E-state index is 12.7. The Morgan fingerprint density at radius 1 is 0.972 bits per heavy atom. The molecule has 0 saturated heterocycles. The summed E-state index contributed by atoms with van der Waals surface area (Å²) >= 11 is 0. The molecule has 4 rings (SSSR count). The first kappa shape index (κ1) is 25.1. The Balaban J connectivity index is 1.67. The summed E-state index contributed by atoms with van der Waals surface area (Å²) in [7, 11) is 0. The number of ether oxygens (including phenoxy) is 2. The van der Waals surface area contributed by atoms with Gasteiger partial charge in [0.2, 0.25) is 5.91 Å². The molecule has 1 N–H and O–H groups in total. The van der Waals surface area contributed by atoms with E-state index in [1.165, 1.54) is 5.56 Å². The first-order valence-electron chi connectivity index (χ1n) is 12.3. The zero-order valence-electron chi connectivity index (χ0n) is 21.6. The highest BCUT2D eigenvalue weighted by molar-refractivity contribution is 6.01. The first-order valence-corrected chi connectivity index (χ1v) is 12.3. The molecule has 5 nitrogen and oxygen atoms in total. The van der Waals surface area contributed by atoms with Crippen molar-refractivity contribution in [3.05, 3.63) is 89.2 Å². The second kappa shape index (κ2) is 11.2. The lowest BCUT2D eigenvalue weighted by molar-refractivity contribution is -0.116. The van der Waals surface area contributed by atoms with E-state index < -0.39 is 0 Å². The summed E-state index contributed by atoms with van der Waals surface area (Å²) in [6.45, 7) is 11.5. The lowest BCUT2D eigenvalue weighted by atomic mass is 9.96. The minimum atomic E-state index is -0.146. The number of hydrogen-bond acceptors (Lipinski definition) is 4. The van der Waals surface area contributed by atoms with Gasteiger partial charge in [-0.1, -0.05) is 42.0 Å². The van der Waals surface area contributed by atoms with Gasteiger partial charge < -0.3 is 19.2 Å². The van der Waals surface area contributed by atoms with Crippen LogP contribution in [0.15, 0.2) is 71.4 Å². The number of rotatable bonds is 9.